The lowest BCUT2D eigenvalue weighted by Gasteiger charge is -2.17. The molecule has 51 heavy (non-hydrogen) atoms. The van der Waals surface area contributed by atoms with Crippen LogP contribution in [0.25, 0.3) is 93.6 Å². The number of fused-ring (bicyclic) bond motifs is 10. The molecule has 238 valence electrons. The Kier molecular flexibility index (Phi) is 5.96. The third-order valence-corrected chi connectivity index (χ3v) is 10.6. The van der Waals surface area contributed by atoms with Crippen molar-refractivity contribution in [3.05, 3.63) is 188 Å². The van der Waals surface area contributed by atoms with E-state index in [1.54, 1.807) is 0 Å². The molecule has 0 bridgehead atoms. The van der Waals surface area contributed by atoms with Gasteiger partial charge in [-0.1, -0.05) is 133 Å². The van der Waals surface area contributed by atoms with Crippen LogP contribution in [0.2, 0.25) is 0 Å². The van der Waals surface area contributed by atoms with Gasteiger partial charge in [-0.15, -0.1) is 0 Å². The van der Waals surface area contributed by atoms with Gasteiger partial charge >= 0.3 is 0 Å². The molecule has 0 unspecified atom stereocenters. The molecule has 8 aromatic carbocycles. The van der Waals surface area contributed by atoms with Crippen molar-refractivity contribution >= 4 is 65.4 Å². The zero-order valence-electron chi connectivity index (χ0n) is 27.7. The molecule has 0 fully saturated rings. The van der Waals surface area contributed by atoms with Gasteiger partial charge in [-0.25, -0.2) is 0 Å². The SMILES string of the molecule is c1ccc(-n2c3ccccc3c3c2ccc2c4ccccc4n(-c4ccccc4-c4cccc5c6ccccc6n(-c6ccccc6)c45)c23)cc1. The lowest BCUT2D eigenvalue weighted by Crippen LogP contribution is -2.00. The van der Waals surface area contributed by atoms with E-state index >= 15 is 0 Å². The number of nitrogens with zero attached hydrogens (tertiary/aromatic N) is 3. The van der Waals surface area contributed by atoms with Crippen molar-refractivity contribution < 1.29 is 0 Å². The van der Waals surface area contributed by atoms with Crippen LogP contribution in [0, 0.1) is 0 Å². The van der Waals surface area contributed by atoms with E-state index in [0.29, 0.717) is 0 Å². The van der Waals surface area contributed by atoms with Crippen LogP contribution in [-0.4, -0.2) is 13.7 Å². The second-order valence-electron chi connectivity index (χ2n) is 13.3. The summed E-state index contributed by atoms with van der Waals surface area (Å²) in [6.07, 6.45) is 0. The third kappa shape index (κ3) is 3.94. The molecule has 0 saturated carbocycles. The summed E-state index contributed by atoms with van der Waals surface area (Å²) in [6.45, 7) is 0. The van der Waals surface area contributed by atoms with Gasteiger partial charge in [-0.3, -0.25) is 0 Å². The number of hydrogen-bond donors (Lipinski definition) is 0. The average Bonchev–Trinajstić information content (AvgIpc) is 3.84. The zero-order valence-corrected chi connectivity index (χ0v) is 27.7. The normalized spacial score (nSPS) is 11.9. The largest absolute Gasteiger partial charge is 0.309 e. The monoisotopic (exact) mass is 649 g/mol. The summed E-state index contributed by atoms with van der Waals surface area (Å²) in [7, 11) is 0. The van der Waals surface area contributed by atoms with Crippen LogP contribution in [0.15, 0.2) is 188 Å². The molecule has 11 aromatic rings. The van der Waals surface area contributed by atoms with Gasteiger partial charge in [0.2, 0.25) is 0 Å². The third-order valence-electron chi connectivity index (χ3n) is 10.6. The van der Waals surface area contributed by atoms with E-state index < -0.39 is 0 Å². The van der Waals surface area contributed by atoms with Gasteiger partial charge in [0, 0.05) is 54.8 Å². The highest BCUT2D eigenvalue weighted by atomic mass is 15.0. The Labute approximate surface area is 294 Å². The van der Waals surface area contributed by atoms with Crippen molar-refractivity contribution in [1.82, 2.24) is 13.7 Å². The van der Waals surface area contributed by atoms with Gasteiger partial charge in [0.1, 0.15) is 0 Å². The minimum atomic E-state index is 1.15. The minimum absolute atomic E-state index is 1.15. The topological polar surface area (TPSA) is 14.8 Å². The maximum Gasteiger partial charge on any atom is 0.0641 e. The van der Waals surface area contributed by atoms with E-state index in [-0.39, 0.29) is 0 Å². The molecule has 3 aromatic heterocycles. The summed E-state index contributed by atoms with van der Waals surface area (Å²) in [5.41, 5.74) is 13.1. The first-order chi connectivity index (χ1) is 25.4. The fourth-order valence-electron chi connectivity index (χ4n) is 8.59. The van der Waals surface area contributed by atoms with Crippen LogP contribution in [0.5, 0.6) is 0 Å². The number of benzene rings is 8. The predicted octanol–water partition coefficient (Wildman–Crippen LogP) is 12.6. The smallest absolute Gasteiger partial charge is 0.0641 e. The molecule has 3 nitrogen and oxygen atoms in total. The molecular formula is C48H31N3. The standard InChI is InChI=1S/C48H31N3/c1-3-16-32(17-4-1)49-44-29-14-10-23-40(44)46-45(49)31-30-39-36-22-9-13-28-43(36)51(48(39)46)42-27-12-8-21-35(42)38-25-15-24-37-34-20-7-11-26-41(34)50(47(37)38)33-18-5-2-6-19-33/h1-31H. The van der Waals surface area contributed by atoms with Crippen molar-refractivity contribution in [3.8, 4) is 28.2 Å². The molecule has 11 rings (SSSR count). The Bertz CT molecular complexity index is 3120. The van der Waals surface area contributed by atoms with Gasteiger partial charge in [0.25, 0.3) is 0 Å². The van der Waals surface area contributed by atoms with E-state index in [4.69, 9.17) is 0 Å². The first-order valence-electron chi connectivity index (χ1n) is 17.5. The minimum Gasteiger partial charge on any atom is -0.309 e. The van der Waals surface area contributed by atoms with Crippen molar-refractivity contribution in [2.24, 2.45) is 0 Å². The summed E-state index contributed by atoms with van der Waals surface area (Å²) in [5.74, 6) is 0. The molecule has 0 spiro atoms. The first-order valence-corrected chi connectivity index (χ1v) is 17.5. The van der Waals surface area contributed by atoms with Crippen LogP contribution in [0.1, 0.15) is 0 Å². The summed E-state index contributed by atoms with van der Waals surface area (Å²) < 4.78 is 7.38. The highest BCUT2D eigenvalue weighted by molar-refractivity contribution is 6.26. The Morgan fingerprint density at radius 1 is 0.255 bits per heavy atom. The molecule has 0 aliphatic carbocycles. The molecule has 0 saturated heterocycles. The van der Waals surface area contributed by atoms with Crippen molar-refractivity contribution in [2.75, 3.05) is 0 Å². The number of para-hydroxylation sites is 7. The highest BCUT2D eigenvalue weighted by Gasteiger charge is 2.23. The fourth-order valence-corrected chi connectivity index (χ4v) is 8.59. The van der Waals surface area contributed by atoms with E-state index in [1.807, 2.05) is 0 Å². The number of aromatic nitrogens is 3. The van der Waals surface area contributed by atoms with Gasteiger partial charge in [0.05, 0.1) is 38.8 Å². The maximum absolute atomic E-state index is 2.53. The molecule has 3 heteroatoms. The average molecular weight is 650 g/mol. The van der Waals surface area contributed by atoms with E-state index in [9.17, 15) is 0 Å². The van der Waals surface area contributed by atoms with Gasteiger partial charge in [0.15, 0.2) is 0 Å². The second-order valence-corrected chi connectivity index (χ2v) is 13.3. The lowest BCUT2D eigenvalue weighted by atomic mass is 9.99. The molecule has 0 N–H and O–H groups in total. The van der Waals surface area contributed by atoms with Crippen molar-refractivity contribution in [2.45, 2.75) is 0 Å². The Morgan fingerprint density at radius 2 is 0.745 bits per heavy atom. The summed E-state index contributed by atoms with van der Waals surface area (Å²) in [4.78, 5) is 0. The lowest BCUT2D eigenvalue weighted by molar-refractivity contribution is 1.17. The fraction of sp³-hybridized carbons (Fsp3) is 0. The maximum atomic E-state index is 2.53. The molecule has 0 amide bonds. The van der Waals surface area contributed by atoms with Crippen LogP contribution in [0.3, 0.4) is 0 Å². The van der Waals surface area contributed by atoms with Crippen LogP contribution >= 0.6 is 0 Å². The van der Waals surface area contributed by atoms with E-state index in [2.05, 4.69) is 202 Å². The summed E-state index contributed by atoms with van der Waals surface area (Å²) >= 11 is 0. The van der Waals surface area contributed by atoms with E-state index in [1.165, 1.54) is 76.5 Å². The van der Waals surface area contributed by atoms with Crippen molar-refractivity contribution in [3.63, 3.8) is 0 Å². The van der Waals surface area contributed by atoms with Crippen LogP contribution in [-0.2, 0) is 0 Å². The van der Waals surface area contributed by atoms with Crippen LogP contribution in [0.4, 0.5) is 0 Å². The van der Waals surface area contributed by atoms with Crippen molar-refractivity contribution in [1.29, 1.82) is 0 Å². The molecule has 3 heterocycles. The highest BCUT2D eigenvalue weighted by Crippen LogP contribution is 2.45. The predicted molar refractivity (Wildman–Crippen MR) is 215 cm³/mol. The van der Waals surface area contributed by atoms with Crippen LogP contribution < -0.4 is 0 Å². The second kappa shape index (κ2) is 10.8. The molecule has 0 aliphatic heterocycles. The van der Waals surface area contributed by atoms with Gasteiger partial charge < -0.3 is 13.7 Å². The zero-order chi connectivity index (χ0) is 33.5. The Balaban J connectivity index is 1.30. The Morgan fingerprint density at radius 3 is 1.45 bits per heavy atom. The molecule has 0 atom stereocenters. The molecular weight excluding hydrogens is 619 g/mol. The summed E-state index contributed by atoms with van der Waals surface area (Å²) in [5, 5.41) is 7.50. The molecule has 0 aliphatic rings. The summed E-state index contributed by atoms with van der Waals surface area (Å²) in [6, 6.07) is 68.4. The van der Waals surface area contributed by atoms with E-state index in [0.717, 1.165) is 17.1 Å². The molecule has 0 radical (unpaired) electrons. The number of hydrogen-bond acceptors (Lipinski definition) is 0. The quantitative estimate of drug-likeness (QED) is 0.180. The first kappa shape index (κ1) is 28.0. The number of rotatable bonds is 4. The van der Waals surface area contributed by atoms with Gasteiger partial charge in [-0.2, -0.15) is 0 Å². The van der Waals surface area contributed by atoms with Gasteiger partial charge in [-0.05, 0) is 54.6 Å². The Hall–Kier alpha value is -6.84.